The standard InChI is InChI=1S/C22H21F3N4O4/c1-12-7-14(3-4-17(12)32-10-22(23,24)25)13(2)29-9-16-15(21(29)31)5-6-27-19(16)28-20(30)18-8-26-11-33-18/h3-8,11,13,21,31H,9-10H2,1-2H3,(H,27,28,30). The Labute approximate surface area is 187 Å². The lowest BCUT2D eigenvalue weighted by Gasteiger charge is -2.28. The third-order valence-corrected chi connectivity index (χ3v) is 5.48. The lowest BCUT2D eigenvalue weighted by molar-refractivity contribution is -0.153. The van der Waals surface area contributed by atoms with Crippen LogP contribution in [0.4, 0.5) is 19.0 Å². The molecule has 3 heterocycles. The number of hydrogen-bond acceptors (Lipinski definition) is 7. The molecule has 0 radical (unpaired) electrons. The van der Waals surface area contributed by atoms with E-state index in [-0.39, 0.29) is 17.6 Å². The summed E-state index contributed by atoms with van der Waals surface area (Å²) in [7, 11) is 0. The van der Waals surface area contributed by atoms with Crippen LogP contribution >= 0.6 is 0 Å². The fraction of sp³-hybridized carbons (Fsp3) is 0.318. The van der Waals surface area contributed by atoms with Crippen LogP contribution in [0.1, 0.15) is 52.0 Å². The average molecular weight is 462 g/mol. The number of ether oxygens (including phenoxy) is 1. The number of aliphatic hydroxyl groups excluding tert-OH is 1. The summed E-state index contributed by atoms with van der Waals surface area (Å²) in [5.41, 5.74) is 2.61. The number of nitrogens with one attached hydrogen (secondary N) is 1. The molecule has 8 nitrogen and oxygen atoms in total. The molecule has 11 heteroatoms. The van der Waals surface area contributed by atoms with E-state index in [1.165, 1.54) is 18.5 Å². The van der Waals surface area contributed by atoms with Crippen LogP contribution in [-0.2, 0) is 6.54 Å². The quantitative estimate of drug-likeness (QED) is 0.568. The predicted molar refractivity (Wildman–Crippen MR) is 110 cm³/mol. The molecule has 1 aliphatic rings. The summed E-state index contributed by atoms with van der Waals surface area (Å²) in [6, 6.07) is 6.28. The van der Waals surface area contributed by atoms with Gasteiger partial charge in [-0.15, -0.1) is 0 Å². The first kappa shape index (κ1) is 22.7. The first-order valence-electron chi connectivity index (χ1n) is 10.1. The molecule has 2 N–H and O–H groups in total. The number of halogens is 3. The van der Waals surface area contributed by atoms with Crippen LogP contribution in [0.15, 0.2) is 47.5 Å². The Morgan fingerprint density at radius 1 is 1.39 bits per heavy atom. The Kier molecular flexibility index (Phi) is 6.09. The number of rotatable bonds is 6. The van der Waals surface area contributed by atoms with Gasteiger partial charge in [0.1, 0.15) is 17.8 Å². The van der Waals surface area contributed by atoms with Crippen molar-refractivity contribution in [1.82, 2.24) is 14.9 Å². The number of aliphatic hydroxyl groups is 1. The molecule has 0 bridgehead atoms. The van der Waals surface area contributed by atoms with Crippen LogP contribution < -0.4 is 10.1 Å². The van der Waals surface area contributed by atoms with Crippen LogP contribution in [0.2, 0.25) is 0 Å². The van der Waals surface area contributed by atoms with Crippen LogP contribution in [-0.4, -0.2) is 38.7 Å². The van der Waals surface area contributed by atoms with Gasteiger partial charge in [0.05, 0.1) is 6.20 Å². The second kappa shape index (κ2) is 8.83. The van der Waals surface area contributed by atoms with Crippen molar-refractivity contribution in [3.05, 3.63) is 71.1 Å². The number of carbonyl (C=O) groups is 1. The molecule has 4 rings (SSSR count). The van der Waals surface area contributed by atoms with E-state index < -0.39 is 24.9 Å². The highest BCUT2D eigenvalue weighted by atomic mass is 19.4. The maximum absolute atomic E-state index is 12.5. The Bertz CT molecular complexity index is 1150. The van der Waals surface area contributed by atoms with E-state index in [1.54, 1.807) is 30.0 Å². The molecule has 0 saturated carbocycles. The van der Waals surface area contributed by atoms with Gasteiger partial charge < -0.3 is 19.6 Å². The largest absolute Gasteiger partial charge is 0.484 e. The van der Waals surface area contributed by atoms with Gasteiger partial charge in [-0.2, -0.15) is 13.2 Å². The number of nitrogens with zero attached hydrogens (tertiary/aromatic N) is 3. The van der Waals surface area contributed by atoms with Crippen molar-refractivity contribution in [2.45, 2.75) is 38.8 Å². The fourth-order valence-corrected chi connectivity index (χ4v) is 3.76. The molecule has 0 saturated heterocycles. The maximum Gasteiger partial charge on any atom is 0.422 e. The molecule has 33 heavy (non-hydrogen) atoms. The van der Waals surface area contributed by atoms with E-state index in [1.807, 2.05) is 6.92 Å². The summed E-state index contributed by atoms with van der Waals surface area (Å²) in [5.74, 6) is -0.0363. The van der Waals surface area contributed by atoms with Crippen molar-refractivity contribution < 1.29 is 32.2 Å². The molecule has 0 aliphatic carbocycles. The van der Waals surface area contributed by atoms with Gasteiger partial charge in [-0.05, 0) is 37.1 Å². The van der Waals surface area contributed by atoms with Crippen LogP contribution in [0.5, 0.6) is 5.75 Å². The molecule has 174 valence electrons. The summed E-state index contributed by atoms with van der Waals surface area (Å²) in [6.07, 6.45) is -1.46. The van der Waals surface area contributed by atoms with Crippen LogP contribution in [0.25, 0.3) is 0 Å². The highest BCUT2D eigenvalue weighted by Gasteiger charge is 2.35. The number of hydrogen-bond donors (Lipinski definition) is 2. The second-order valence-corrected chi connectivity index (χ2v) is 7.70. The van der Waals surface area contributed by atoms with Crippen LogP contribution in [0.3, 0.4) is 0 Å². The number of benzene rings is 1. The summed E-state index contributed by atoms with van der Waals surface area (Å²) < 4.78 is 47.2. The number of pyridine rings is 1. The van der Waals surface area contributed by atoms with Gasteiger partial charge >= 0.3 is 6.18 Å². The van der Waals surface area contributed by atoms with Crippen molar-refractivity contribution in [1.29, 1.82) is 0 Å². The van der Waals surface area contributed by atoms with Gasteiger partial charge in [-0.1, -0.05) is 12.1 Å². The van der Waals surface area contributed by atoms with Crippen molar-refractivity contribution in [3.8, 4) is 5.75 Å². The predicted octanol–water partition coefficient (Wildman–Crippen LogP) is 4.14. The number of oxazole rings is 1. The Morgan fingerprint density at radius 3 is 2.85 bits per heavy atom. The molecule has 0 fully saturated rings. The minimum Gasteiger partial charge on any atom is -0.484 e. The summed E-state index contributed by atoms with van der Waals surface area (Å²) in [5, 5.41) is 13.6. The maximum atomic E-state index is 12.5. The van der Waals surface area contributed by atoms with E-state index in [9.17, 15) is 23.1 Å². The lowest BCUT2D eigenvalue weighted by Crippen LogP contribution is -2.25. The first-order valence-corrected chi connectivity index (χ1v) is 10.1. The molecule has 2 aromatic heterocycles. The van der Waals surface area contributed by atoms with E-state index >= 15 is 0 Å². The zero-order chi connectivity index (χ0) is 23.8. The highest BCUT2D eigenvalue weighted by Crippen LogP contribution is 2.41. The number of aromatic nitrogens is 2. The molecule has 1 amide bonds. The number of amides is 1. The number of anilines is 1. The molecule has 1 aromatic carbocycles. The van der Waals surface area contributed by atoms with E-state index in [2.05, 4.69) is 15.3 Å². The summed E-state index contributed by atoms with van der Waals surface area (Å²) >= 11 is 0. The SMILES string of the molecule is Cc1cc(C(C)N2Cc3c(ccnc3NC(=O)c3cnco3)C2O)ccc1OCC(F)(F)F. The van der Waals surface area contributed by atoms with Gasteiger partial charge in [-0.25, -0.2) is 9.97 Å². The number of fused-ring (bicyclic) bond motifs is 1. The summed E-state index contributed by atoms with van der Waals surface area (Å²) in [4.78, 5) is 22.1. The van der Waals surface area contributed by atoms with Crippen molar-refractivity contribution in [3.63, 3.8) is 0 Å². The Hall–Kier alpha value is -3.44. The minimum atomic E-state index is -4.42. The third-order valence-electron chi connectivity index (χ3n) is 5.48. The van der Waals surface area contributed by atoms with Gasteiger partial charge in [0.2, 0.25) is 5.76 Å². The van der Waals surface area contributed by atoms with Crippen molar-refractivity contribution in [2.75, 3.05) is 11.9 Å². The van der Waals surface area contributed by atoms with Gasteiger partial charge in [-0.3, -0.25) is 9.69 Å². The molecular formula is C22H21F3N4O4. The monoisotopic (exact) mass is 462 g/mol. The fourth-order valence-electron chi connectivity index (χ4n) is 3.76. The molecular weight excluding hydrogens is 441 g/mol. The minimum absolute atomic E-state index is 0.0291. The lowest BCUT2D eigenvalue weighted by atomic mass is 10.0. The van der Waals surface area contributed by atoms with Crippen molar-refractivity contribution in [2.24, 2.45) is 0 Å². The topological polar surface area (TPSA) is 101 Å². The molecule has 2 atom stereocenters. The van der Waals surface area contributed by atoms with E-state index in [0.717, 1.165) is 12.0 Å². The van der Waals surface area contributed by atoms with Gasteiger partial charge in [0, 0.05) is 29.9 Å². The highest BCUT2D eigenvalue weighted by molar-refractivity contribution is 6.01. The normalized spacial score (nSPS) is 17.0. The van der Waals surface area contributed by atoms with Crippen molar-refractivity contribution >= 4 is 11.7 Å². The third kappa shape index (κ3) is 4.83. The smallest absolute Gasteiger partial charge is 0.422 e. The Balaban J connectivity index is 1.51. The van der Waals surface area contributed by atoms with Gasteiger partial charge in [0.25, 0.3) is 5.91 Å². The molecule has 1 aliphatic heterocycles. The average Bonchev–Trinajstić information content (AvgIpc) is 3.41. The van der Waals surface area contributed by atoms with E-state index in [0.29, 0.717) is 29.1 Å². The molecule has 2 unspecified atom stereocenters. The molecule has 0 spiro atoms. The number of aryl methyl sites for hydroxylation is 1. The zero-order valence-corrected chi connectivity index (χ0v) is 17.8. The van der Waals surface area contributed by atoms with E-state index in [4.69, 9.17) is 9.15 Å². The Morgan fingerprint density at radius 2 is 2.18 bits per heavy atom. The second-order valence-electron chi connectivity index (χ2n) is 7.70. The van der Waals surface area contributed by atoms with Crippen LogP contribution in [0, 0.1) is 6.92 Å². The first-order chi connectivity index (χ1) is 15.6. The summed E-state index contributed by atoms with van der Waals surface area (Å²) in [6.45, 7) is 2.47. The number of carbonyl (C=O) groups excluding carboxylic acids is 1. The van der Waals surface area contributed by atoms with Gasteiger partial charge in [0.15, 0.2) is 13.0 Å². The number of alkyl halides is 3. The zero-order valence-electron chi connectivity index (χ0n) is 17.8. The molecule has 3 aromatic rings.